The third-order valence-electron chi connectivity index (χ3n) is 2.91. The quantitative estimate of drug-likeness (QED) is 0.714. The number of fused-ring (bicyclic) bond motifs is 1. The van der Waals surface area contributed by atoms with Crippen LogP contribution in [0.15, 0.2) is 34.4 Å². The topological polar surface area (TPSA) is 76.8 Å². The first-order valence-corrected chi connectivity index (χ1v) is 6.17. The summed E-state index contributed by atoms with van der Waals surface area (Å²) in [5.74, 6) is 6.62. The number of ether oxygens (including phenoxy) is 1. The third-order valence-corrected chi connectivity index (χ3v) is 2.91. The van der Waals surface area contributed by atoms with Crippen LogP contribution >= 0.6 is 0 Å². The Morgan fingerprint density at radius 3 is 2.76 bits per heavy atom. The number of hydrogen-bond donors (Lipinski definition) is 0. The van der Waals surface area contributed by atoms with E-state index in [1.807, 2.05) is 25.1 Å². The van der Waals surface area contributed by atoms with Gasteiger partial charge in [-0.1, -0.05) is 18.1 Å². The zero-order valence-corrected chi connectivity index (χ0v) is 11.4. The highest BCUT2D eigenvalue weighted by Crippen LogP contribution is 2.20. The van der Waals surface area contributed by atoms with Crippen molar-refractivity contribution in [1.29, 1.82) is 0 Å². The average Bonchev–Trinajstić information content (AvgIpc) is 2.85. The molecule has 21 heavy (non-hydrogen) atoms. The van der Waals surface area contributed by atoms with Gasteiger partial charge < -0.3 is 4.74 Å². The second kappa shape index (κ2) is 5.13. The molecular formula is C15H10N4O2. The van der Waals surface area contributed by atoms with Crippen molar-refractivity contribution < 1.29 is 9.53 Å². The van der Waals surface area contributed by atoms with Gasteiger partial charge >= 0.3 is 6.03 Å². The highest BCUT2D eigenvalue weighted by molar-refractivity contribution is 5.76. The fraction of sp³-hybridized carbons (Fsp3) is 0.133. The van der Waals surface area contributed by atoms with Gasteiger partial charge in [-0.3, -0.25) is 0 Å². The smallest absolute Gasteiger partial charge is 0.371 e. The molecule has 0 aliphatic carbocycles. The van der Waals surface area contributed by atoms with E-state index in [1.165, 1.54) is 6.20 Å². The molecule has 1 aromatic carbocycles. The molecule has 102 valence electrons. The Labute approximate surface area is 120 Å². The summed E-state index contributed by atoms with van der Waals surface area (Å²) < 4.78 is 5.29. The molecule has 0 spiro atoms. The number of nitrogens with zero attached hydrogens (tertiary/aromatic N) is 4. The summed E-state index contributed by atoms with van der Waals surface area (Å²) in [6.45, 7) is 1.95. The first-order chi connectivity index (χ1) is 10.2. The lowest BCUT2D eigenvalue weighted by Crippen LogP contribution is -2.29. The first-order valence-electron chi connectivity index (χ1n) is 6.17. The van der Waals surface area contributed by atoms with E-state index in [-0.39, 0.29) is 11.0 Å². The monoisotopic (exact) mass is 278 g/mol. The van der Waals surface area contributed by atoms with E-state index in [0.717, 1.165) is 11.1 Å². The van der Waals surface area contributed by atoms with E-state index in [2.05, 4.69) is 31.8 Å². The van der Waals surface area contributed by atoms with Crippen LogP contribution in [0.5, 0.6) is 5.75 Å². The van der Waals surface area contributed by atoms with Crippen LogP contribution in [0.3, 0.4) is 0 Å². The van der Waals surface area contributed by atoms with Crippen LogP contribution in [0, 0.1) is 18.8 Å². The third kappa shape index (κ3) is 2.49. The van der Waals surface area contributed by atoms with Crippen molar-refractivity contribution in [2.75, 3.05) is 7.11 Å². The zero-order chi connectivity index (χ0) is 14.8. The van der Waals surface area contributed by atoms with Crippen LogP contribution < -0.4 is 15.7 Å². The van der Waals surface area contributed by atoms with E-state index < -0.39 is 6.03 Å². The Kier molecular flexibility index (Phi) is 3.16. The van der Waals surface area contributed by atoms with Gasteiger partial charge in [0.1, 0.15) is 11.4 Å². The Morgan fingerprint density at radius 1 is 1.14 bits per heavy atom. The fourth-order valence-corrected chi connectivity index (χ4v) is 1.89. The van der Waals surface area contributed by atoms with Crippen molar-refractivity contribution >= 4 is 6.03 Å². The Hall–Kier alpha value is -3.07. The molecule has 0 saturated carbocycles. The van der Waals surface area contributed by atoms with Gasteiger partial charge in [0.25, 0.3) is 0 Å². The number of aromatic nitrogens is 2. The number of carbonyl (C=O) groups excluding carboxylic acids is 1. The molecule has 1 aliphatic rings. The summed E-state index contributed by atoms with van der Waals surface area (Å²) in [5.41, 5.74) is 2.67. The number of amides is 2. The number of urea groups is 1. The minimum absolute atomic E-state index is 0.212. The van der Waals surface area contributed by atoms with Crippen LogP contribution in [0.25, 0.3) is 0 Å². The predicted octanol–water partition coefficient (Wildman–Crippen LogP) is 0.566. The fourth-order valence-electron chi connectivity index (χ4n) is 1.89. The summed E-state index contributed by atoms with van der Waals surface area (Å²) in [7, 11) is 1.60. The van der Waals surface area contributed by atoms with Gasteiger partial charge in [0.2, 0.25) is 11.0 Å². The van der Waals surface area contributed by atoms with E-state index in [0.29, 0.717) is 11.4 Å². The van der Waals surface area contributed by atoms with Gasteiger partial charge in [0.05, 0.1) is 18.9 Å². The van der Waals surface area contributed by atoms with Crippen molar-refractivity contribution in [3.63, 3.8) is 0 Å². The van der Waals surface area contributed by atoms with Crippen molar-refractivity contribution in [1.82, 2.24) is 9.97 Å². The number of rotatable bonds is 1. The first kappa shape index (κ1) is 12.9. The summed E-state index contributed by atoms with van der Waals surface area (Å²) in [5, 5.41) is 0. The lowest BCUT2D eigenvalue weighted by atomic mass is 10.1. The van der Waals surface area contributed by atoms with E-state index in [1.54, 1.807) is 7.11 Å². The molecule has 3 rings (SSSR count). The molecule has 6 heteroatoms. The molecule has 1 aromatic heterocycles. The van der Waals surface area contributed by atoms with Crippen LogP contribution in [0.2, 0.25) is 0 Å². The minimum Gasteiger partial charge on any atom is -0.495 e. The Morgan fingerprint density at radius 2 is 1.95 bits per heavy atom. The summed E-state index contributed by atoms with van der Waals surface area (Å²) >= 11 is 0. The highest BCUT2D eigenvalue weighted by Gasteiger charge is 2.07. The van der Waals surface area contributed by atoms with E-state index >= 15 is 0 Å². The van der Waals surface area contributed by atoms with E-state index in [9.17, 15) is 4.79 Å². The lowest BCUT2D eigenvalue weighted by Gasteiger charge is -2.04. The number of benzene rings is 1. The molecule has 0 saturated heterocycles. The molecular weight excluding hydrogens is 268 g/mol. The predicted molar refractivity (Wildman–Crippen MR) is 73.5 cm³/mol. The molecule has 0 radical (unpaired) electrons. The lowest BCUT2D eigenvalue weighted by molar-refractivity contribution is 0.256. The molecule has 2 heterocycles. The number of hydrogen-bond acceptors (Lipinski definition) is 4. The maximum absolute atomic E-state index is 11.1. The van der Waals surface area contributed by atoms with Crippen LogP contribution in [-0.2, 0) is 0 Å². The van der Waals surface area contributed by atoms with Gasteiger partial charge in [0, 0.05) is 0 Å². The molecule has 6 nitrogen and oxygen atoms in total. The van der Waals surface area contributed by atoms with Gasteiger partial charge in [-0.05, 0) is 24.5 Å². The summed E-state index contributed by atoms with van der Waals surface area (Å²) in [6, 6.07) is 5.11. The maximum atomic E-state index is 11.1. The highest BCUT2D eigenvalue weighted by atomic mass is 16.5. The van der Waals surface area contributed by atoms with E-state index in [4.69, 9.17) is 4.74 Å². The Balaban J connectivity index is 2.05. The molecule has 0 unspecified atom stereocenters. The van der Waals surface area contributed by atoms with Crippen molar-refractivity contribution in [2.45, 2.75) is 6.92 Å². The molecule has 1 aliphatic heterocycles. The van der Waals surface area contributed by atoms with Gasteiger partial charge in [-0.15, -0.1) is 0 Å². The van der Waals surface area contributed by atoms with Crippen LogP contribution in [0.1, 0.15) is 16.8 Å². The van der Waals surface area contributed by atoms with Crippen molar-refractivity contribution in [2.24, 2.45) is 9.98 Å². The molecule has 0 N–H and O–H groups in total. The van der Waals surface area contributed by atoms with Gasteiger partial charge in [-0.2, -0.15) is 9.98 Å². The zero-order valence-electron chi connectivity index (χ0n) is 11.4. The summed E-state index contributed by atoms with van der Waals surface area (Å²) in [4.78, 5) is 26.5. The van der Waals surface area contributed by atoms with Crippen molar-refractivity contribution in [3.8, 4) is 17.6 Å². The molecule has 0 atom stereocenters. The number of aryl methyl sites for hydroxylation is 1. The maximum Gasteiger partial charge on any atom is 0.371 e. The largest absolute Gasteiger partial charge is 0.495 e. The normalized spacial score (nSPS) is 11.8. The Bertz CT molecular complexity index is 923. The van der Waals surface area contributed by atoms with Crippen molar-refractivity contribution in [3.05, 3.63) is 52.2 Å². The minimum atomic E-state index is -0.587. The SMILES string of the molecule is COc1cccc(C)c1C#Cc1cnc2c(n1)=NC(=O)N=2. The molecule has 0 fully saturated rings. The standard InChI is InChI=1S/C15H10N4O2/c1-9-4-3-5-12(21-2)11(9)7-6-10-8-16-13-14(17-10)19-15(20)18-13/h3-5,8H,1-2H3. The summed E-state index contributed by atoms with van der Waals surface area (Å²) in [6.07, 6.45) is 1.47. The average molecular weight is 278 g/mol. The second-order valence-corrected chi connectivity index (χ2v) is 4.31. The molecule has 2 amide bonds. The van der Waals surface area contributed by atoms with Gasteiger partial charge in [0.15, 0.2) is 0 Å². The van der Waals surface area contributed by atoms with Gasteiger partial charge in [-0.25, -0.2) is 14.8 Å². The number of carbonyl (C=O) groups is 1. The number of methoxy groups -OCH3 is 1. The molecule has 0 bridgehead atoms. The second-order valence-electron chi connectivity index (χ2n) is 4.31. The molecule has 2 aromatic rings. The van der Waals surface area contributed by atoms with Crippen LogP contribution in [-0.4, -0.2) is 23.1 Å². The van der Waals surface area contributed by atoms with Crippen LogP contribution in [0.4, 0.5) is 4.79 Å².